The van der Waals surface area contributed by atoms with Crippen molar-refractivity contribution in [1.82, 2.24) is 4.98 Å². The van der Waals surface area contributed by atoms with Crippen molar-refractivity contribution in [2.24, 2.45) is 5.92 Å². The molecule has 2 aliphatic heterocycles. The molecule has 2 aliphatic rings. The molecule has 0 amide bonds. The number of hydrogen-bond donors (Lipinski definition) is 2. The van der Waals surface area contributed by atoms with Gasteiger partial charge in [-0.05, 0) is 60.4 Å². The number of nitrogens with one attached hydrogen (secondary N) is 2. The fourth-order valence-electron chi connectivity index (χ4n) is 4.89. The summed E-state index contributed by atoms with van der Waals surface area (Å²) in [5.74, 6) is 0.486. The molecule has 2 aromatic carbocycles. The number of pyridine rings is 1. The predicted molar refractivity (Wildman–Crippen MR) is 170 cm³/mol. The standard InChI is InChI=1S/C30H35N5O3.C3H8O/c1-20(2)29(31)28-27(21-7-9-24(10-8-21)34-11-13-38-14-12-34)16-23(19-36)33-30(28)32-22-5-4-6-25(15-22)35-17-26(18-35)37-3;1-3-4-2/h4-10,15-16,19-20,26,31H,11-14,17-18H2,1-3H3,(H,32,33);3H2,1-2H3. The van der Waals surface area contributed by atoms with E-state index < -0.39 is 0 Å². The van der Waals surface area contributed by atoms with Gasteiger partial charge in [-0.3, -0.25) is 4.79 Å². The Morgan fingerprint density at radius 1 is 1.07 bits per heavy atom. The molecule has 0 bridgehead atoms. The molecule has 0 aliphatic carbocycles. The molecular formula is C33H43N5O4. The number of hydrogen-bond acceptors (Lipinski definition) is 9. The fraction of sp³-hybridized carbons (Fsp3) is 0.424. The highest BCUT2D eigenvalue weighted by Gasteiger charge is 2.27. The Hall–Kier alpha value is -3.79. The Kier molecular flexibility index (Phi) is 11.1. The second-order valence-corrected chi connectivity index (χ2v) is 10.7. The van der Waals surface area contributed by atoms with Crippen molar-refractivity contribution in [1.29, 1.82) is 5.41 Å². The summed E-state index contributed by atoms with van der Waals surface area (Å²) in [6, 6.07) is 18.2. The number of ether oxygens (including phenoxy) is 3. The Balaban J connectivity index is 0.000000952. The first-order valence-corrected chi connectivity index (χ1v) is 14.5. The maximum absolute atomic E-state index is 11.9. The molecule has 42 heavy (non-hydrogen) atoms. The molecule has 3 aromatic rings. The van der Waals surface area contributed by atoms with Gasteiger partial charge in [0.1, 0.15) is 11.5 Å². The van der Waals surface area contributed by atoms with E-state index in [0.717, 1.165) is 80.5 Å². The average molecular weight is 574 g/mol. The van der Waals surface area contributed by atoms with E-state index in [-0.39, 0.29) is 12.0 Å². The first-order valence-electron chi connectivity index (χ1n) is 14.5. The SMILES string of the molecule is CCOC.COC1CN(c2cccc(Nc3nc(C=O)cc(-c4ccc(N5CCOCC5)cc4)c3C(=N)C(C)C)c2)C1. The number of aromatic nitrogens is 1. The number of methoxy groups -OCH3 is 2. The van der Waals surface area contributed by atoms with Crippen LogP contribution in [0.4, 0.5) is 22.9 Å². The smallest absolute Gasteiger partial charge is 0.168 e. The molecule has 2 saturated heterocycles. The highest BCUT2D eigenvalue weighted by atomic mass is 16.5. The molecule has 0 radical (unpaired) electrons. The van der Waals surface area contributed by atoms with Gasteiger partial charge in [-0.15, -0.1) is 0 Å². The van der Waals surface area contributed by atoms with Crippen LogP contribution in [0.5, 0.6) is 0 Å². The molecule has 2 fully saturated rings. The third kappa shape index (κ3) is 7.53. The summed E-state index contributed by atoms with van der Waals surface area (Å²) in [5, 5.41) is 12.4. The zero-order chi connectivity index (χ0) is 30.1. The zero-order valence-corrected chi connectivity index (χ0v) is 25.4. The van der Waals surface area contributed by atoms with Gasteiger partial charge in [0.15, 0.2) is 6.29 Å². The summed E-state index contributed by atoms with van der Waals surface area (Å²) in [4.78, 5) is 21.1. The molecule has 3 heterocycles. The third-order valence-electron chi connectivity index (χ3n) is 7.51. The minimum Gasteiger partial charge on any atom is -0.385 e. The number of benzene rings is 2. The van der Waals surface area contributed by atoms with Crippen LogP contribution in [0.15, 0.2) is 54.6 Å². The van der Waals surface area contributed by atoms with Crippen molar-refractivity contribution < 1.29 is 19.0 Å². The second-order valence-electron chi connectivity index (χ2n) is 10.7. The van der Waals surface area contributed by atoms with Crippen LogP contribution in [0, 0.1) is 11.3 Å². The first-order chi connectivity index (χ1) is 20.4. The second kappa shape index (κ2) is 14.9. The van der Waals surface area contributed by atoms with Gasteiger partial charge in [0.25, 0.3) is 0 Å². The average Bonchev–Trinajstić information content (AvgIpc) is 3.00. The van der Waals surface area contributed by atoms with Crippen LogP contribution >= 0.6 is 0 Å². The Morgan fingerprint density at radius 2 is 1.76 bits per heavy atom. The van der Waals surface area contributed by atoms with Crippen molar-refractivity contribution in [3.05, 3.63) is 65.9 Å². The van der Waals surface area contributed by atoms with Gasteiger partial charge in [-0.2, -0.15) is 0 Å². The summed E-state index contributed by atoms with van der Waals surface area (Å²) < 4.78 is 15.4. The molecular weight excluding hydrogens is 530 g/mol. The molecule has 0 spiro atoms. The zero-order valence-electron chi connectivity index (χ0n) is 25.4. The van der Waals surface area contributed by atoms with Crippen LogP contribution < -0.4 is 15.1 Å². The maximum atomic E-state index is 11.9. The monoisotopic (exact) mass is 573 g/mol. The lowest BCUT2D eigenvalue weighted by molar-refractivity contribution is 0.0788. The molecule has 0 saturated carbocycles. The molecule has 2 N–H and O–H groups in total. The van der Waals surface area contributed by atoms with Gasteiger partial charge in [0.2, 0.25) is 0 Å². The normalized spacial score (nSPS) is 15.1. The highest BCUT2D eigenvalue weighted by Crippen LogP contribution is 2.35. The lowest BCUT2D eigenvalue weighted by atomic mass is 9.91. The van der Waals surface area contributed by atoms with Crippen LogP contribution in [0.1, 0.15) is 36.8 Å². The fourth-order valence-corrected chi connectivity index (χ4v) is 4.89. The largest absolute Gasteiger partial charge is 0.385 e. The number of morpholine rings is 1. The quantitative estimate of drug-likeness (QED) is 0.237. The van der Waals surface area contributed by atoms with Crippen LogP contribution in [0.25, 0.3) is 11.1 Å². The lowest BCUT2D eigenvalue weighted by Crippen LogP contribution is -2.51. The first kappa shape index (κ1) is 31.2. The van der Waals surface area contributed by atoms with E-state index in [0.29, 0.717) is 22.8 Å². The topological polar surface area (TPSA) is 100 Å². The Bertz CT molecular complexity index is 1330. The van der Waals surface area contributed by atoms with E-state index in [9.17, 15) is 4.79 Å². The van der Waals surface area contributed by atoms with Crippen LogP contribution in [-0.2, 0) is 14.2 Å². The minimum absolute atomic E-state index is 0.0239. The van der Waals surface area contributed by atoms with Crippen LogP contribution in [0.3, 0.4) is 0 Å². The van der Waals surface area contributed by atoms with Crippen LogP contribution in [0.2, 0.25) is 0 Å². The molecule has 1 aromatic heterocycles. The van der Waals surface area contributed by atoms with E-state index in [1.165, 1.54) is 0 Å². The summed E-state index contributed by atoms with van der Waals surface area (Å²) in [5.41, 5.74) is 6.33. The third-order valence-corrected chi connectivity index (χ3v) is 7.51. The highest BCUT2D eigenvalue weighted by molar-refractivity contribution is 6.10. The molecule has 0 unspecified atom stereocenters. The van der Waals surface area contributed by atoms with Gasteiger partial charge in [0, 0.05) is 75.3 Å². The molecule has 9 heteroatoms. The molecule has 224 valence electrons. The van der Waals surface area contributed by atoms with E-state index in [2.05, 4.69) is 61.2 Å². The predicted octanol–water partition coefficient (Wildman–Crippen LogP) is 5.65. The number of carbonyl (C=O) groups is 1. The number of aldehydes is 1. The van der Waals surface area contributed by atoms with E-state index in [4.69, 9.17) is 14.9 Å². The maximum Gasteiger partial charge on any atom is 0.168 e. The van der Waals surface area contributed by atoms with Crippen molar-refractivity contribution in [3.8, 4) is 11.1 Å². The van der Waals surface area contributed by atoms with Gasteiger partial charge in [-0.25, -0.2) is 4.98 Å². The van der Waals surface area contributed by atoms with Gasteiger partial charge < -0.3 is 34.7 Å². The van der Waals surface area contributed by atoms with Crippen molar-refractivity contribution in [2.75, 3.05) is 75.3 Å². The van der Waals surface area contributed by atoms with Crippen molar-refractivity contribution in [3.63, 3.8) is 0 Å². The number of rotatable bonds is 10. The van der Waals surface area contributed by atoms with Crippen molar-refractivity contribution >= 4 is 34.9 Å². The van der Waals surface area contributed by atoms with Crippen molar-refractivity contribution in [2.45, 2.75) is 26.9 Å². The number of nitrogens with zero attached hydrogens (tertiary/aromatic N) is 3. The van der Waals surface area contributed by atoms with E-state index in [1.807, 2.05) is 32.9 Å². The van der Waals surface area contributed by atoms with Crippen LogP contribution in [-0.4, -0.2) is 83.3 Å². The van der Waals surface area contributed by atoms with Gasteiger partial charge >= 0.3 is 0 Å². The van der Waals surface area contributed by atoms with Gasteiger partial charge in [-0.1, -0.05) is 32.0 Å². The lowest BCUT2D eigenvalue weighted by Gasteiger charge is -2.40. The summed E-state index contributed by atoms with van der Waals surface area (Å²) >= 11 is 0. The Morgan fingerprint density at radius 3 is 2.36 bits per heavy atom. The Labute approximate surface area is 249 Å². The summed E-state index contributed by atoms with van der Waals surface area (Å²) in [7, 11) is 3.42. The number of anilines is 4. The molecule has 5 rings (SSSR count). The van der Waals surface area contributed by atoms with E-state index >= 15 is 0 Å². The van der Waals surface area contributed by atoms with E-state index in [1.54, 1.807) is 20.3 Å². The minimum atomic E-state index is -0.0239. The molecule has 9 nitrogen and oxygen atoms in total. The van der Waals surface area contributed by atoms with Gasteiger partial charge in [0.05, 0.1) is 19.3 Å². The summed E-state index contributed by atoms with van der Waals surface area (Å²) in [6.07, 6.45) is 1.02. The summed E-state index contributed by atoms with van der Waals surface area (Å²) in [6.45, 7) is 11.7. The number of carbonyl (C=O) groups excluding carboxylic acids is 1. The molecule has 0 atom stereocenters.